The number of rotatable bonds is 70. The van der Waals surface area contributed by atoms with Gasteiger partial charge in [0.15, 0.2) is 6.29 Å². The number of allylic oxidation sites excluding steroid dienone is 11. The van der Waals surface area contributed by atoms with Gasteiger partial charge < -0.3 is 45.1 Å². The molecule has 1 heterocycles. The molecule has 1 fully saturated rings. The van der Waals surface area contributed by atoms with Crippen molar-refractivity contribution in [1.29, 1.82) is 0 Å². The first-order valence-corrected chi connectivity index (χ1v) is 39.7. The fraction of sp³-hybridized carbons (Fsp3) is 0.829. The molecule has 11 nitrogen and oxygen atoms in total. The highest BCUT2D eigenvalue weighted by molar-refractivity contribution is 5.76. The first-order valence-electron chi connectivity index (χ1n) is 39.7. The van der Waals surface area contributed by atoms with E-state index in [4.69, 9.17) is 14.2 Å². The maximum atomic E-state index is 13.0. The van der Waals surface area contributed by atoms with Gasteiger partial charge in [0.25, 0.3) is 0 Å². The second kappa shape index (κ2) is 70.4. The number of aliphatic hydroxyl groups is 5. The highest BCUT2D eigenvalue weighted by atomic mass is 16.7. The summed E-state index contributed by atoms with van der Waals surface area (Å²) in [5.41, 5.74) is 0. The molecular formula is C82H149NO10. The first-order chi connectivity index (χ1) is 45.7. The van der Waals surface area contributed by atoms with Gasteiger partial charge in [-0.2, -0.15) is 0 Å². The number of hydrogen-bond acceptors (Lipinski definition) is 10. The monoisotopic (exact) mass is 1310 g/mol. The fourth-order valence-corrected chi connectivity index (χ4v) is 12.3. The SMILES string of the molecule is CCCCCC/C=C\C/C=C\CCCCCCCCCC(=O)OCCCCCCCCCCCCCCC/C=C\C/C=C\CCCCCCCCCCCCCCCCCCCC(=O)NC(COC1OC(CO)C(O)C(O)C1O)C(O)/C=C/CC/C=C/CCCCCC. The summed E-state index contributed by atoms with van der Waals surface area (Å²) in [6, 6.07) is -0.826. The molecule has 11 heteroatoms. The molecule has 1 rings (SSSR count). The highest BCUT2D eigenvalue weighted by Crippen LogP contribution is 2.23. The van der Waals surface area contributed by atoms with E-state index >= 15 is 0 Å². The van der Waals surface area contributed by atoms with Crippen LogP contribution >= 0.6 is 0 Å². The van der Waals surface area contributed by atoms with Crippen LogP contribution in [-0.2, 0) is 23.8 Å². The van der Waals surface area contributed by atoms with Crippen LogP contribution in [0.25, 0.3) is 0 Å². The lowest BCUT2D eigenvalue weighted by molar-refractivity contribution is -0.302. The van der Waals surface area contributed by atoms with E-state index in [1.807, 2.05) is 6.08 Å². The molecule has 542 valence electrons. The number of nitrogens with one attached hydrogen (secondary N) is 1. The number of esters is 1. The minimum absolute atomic E-state index is 0.00497. The Morgan fingerprint density at radius 1 is 0.398 bits per heavy atom. The number of ether oxygens (including phenoxy) is 3. The molecule has 0 radical (unpaired) electrons. The third kappa shape index (κ3) is 58.9. The van der Waals surface area contributed by atoms with E-state index in [2.05, 4.69) is 79.9 Å². The quantitative estimate of drug-likeness (QED) is 0.0195. The molecule has 1 aliphatic heterocycles. The van der Waals surface area contributed by atoms with E-state index in [1.54, 1.807) is 6.08 Å². The Morgan fingerprint density at radius 2 is 0.731 bits per heavy atom. The zero-order valence-corrected chi connectivity index (χ0v) is 60.5. The van der Waals surface area contributed by atoms with Gasteiger partial charge in [-0.15, -0.1) is 0 Å². The lowest BCUT2D eigenvalue weighted by Gasteiger charge is -2.40. The molecule has 0 spiro atoms. The topological polar surface area (TPSA) is 175 Å². The summed E-state index contributed by atoms with van der Waals surface area (Å²) in [4.78, 5) is 25.2. The zero-order valence-electron chi connectivity index (χ0n) is 60.5. The summed E-state index contributed by atoms with van der Waals surface area (Å²) in [5, 5.41) is 54.4. The van der Waals surface area contributed by atoms with E-state index in [-0.39, 0.29) is 18.5 Å². The summed E-state index contributed by atoms with van der Waals surface area (Å²) >= 11 is 0. The van der Waals surface area contributed by atoms with Gasteiger partial charge in [-0.1, -0.05) is 324 Å². The van der Waals surface area contributed by atoms with Crippen LogP contribution in [0, 0.1) is 0 Å². The second-order valence-electron chi connectivity index (χ2n) is 27.4. The van der Waals surface area contributed by atoms with Crippen molar-refractivity contribution in [2.75, 3.05) is 19.8 Å². The Kier molecular flexibility index (Phi) is 66.7. The van der Waals surface area contributed by atoms with Gasteiger partial charge >= 0.3 is 5.97 Å². The molecule has 0 aliphatic carbocycles. The van der Waals surface area contributed by atoms with Crippen molar-refractivity contribution in [2.45, 2.75) is 416 Å². The molecule has 0 saturated carbocycles. The van der Waals surface area contributed by atoms with Gasteiger partial charge in [0.1, 0.15) is 24.4 Å². The van der Waals surface area contributed by atoms with Crippen molar-refractivity contribution in [1.82, 2.24) is 5.32 Å². The van der Waals surface area contributed by atoms with Crippen LogP contribution in [0.3, 0.4) is 0 Å². The van der Waals surface area contributed by atoms with Gasteiger partial charge in [0.05, 0.1) is 32.0 Å². The highest BCUT2D eigenvalue weighted by Gasteiger charge is 2.44. The number of hydrogen-bond donors (Lipinski definition) is 6. The lowest BCUT2D eigenvalue weighted by Crippen LogP contribution is -2.60. The van der Waals surface area contributed by atoms with E-state index in [9.17, 15) is 35.1 Å². The number of unbranched alkanes of at least 4 members (excludes halogenated alkanes) is 46. The van der Waals surface area contributed by atoms with E-state index < -0.39 is 49.5 Å². The van der Waals surface area contributed by atoms with Gasteiger partial charge in [0, 0.05) is 12.8 Å². The summed E-state index contributed by atoms with van der Waals surface area (Å²) in [6.45, 7) is 4.30. The Bertz CT molecular complexity index is 1780. The lowest BCUT2D eigenvalue weighted by atomic mass is 9.99. The Morgan fingerprint density at radius 3 is 1.13 bits per heavy atom. The average molecular weight is 1310 g/mol. The first kappa shape index (κ1) is 88.1. The number of aliphatic hydroxyl groups excluding tert-OH is 5. The van der Waals surface area contributed by atoms with Gasteiger partial charge in [-0.05, 0) is 109 Å². The summed E-state index contributed by atoms with van der Waals surface area (Å²) in [6.07, 6.45) is 86.6. The van der Waals surface area contributed by atoms with Crippen molar-refractivity contribution in [3.8, 4) is 0 Å². The van der Waals surface area contributed by atoms with E-state index in [1.165, 1.54) is 276 Å². The molecule has 1 amide bonds. The largest absolute Gasteiger partial charge is 0.466 e. The Labute approximate surface area is 572 Å². The third-order valence-corrected chi connectivity index (χ3v) is 18.5. The van der Waals surface area contributed by atoms with E-state index in [0.717, 1.165) is 70.6 Å². The molecule has 0 aromatic heterocycles. The molecule has 1 saturated heterocycles. The third-order valence-electron chi connectivity index (χ3n) is 18.5. The molecule has 1 aliphatic rings. The van der Waals surface area contributed by atoms with Crippen molar-refractivity contribution in [3.63, 3.8) is 0 Å². The van der Waals surface area contributed by atoms with Gasteiger partial charge in [-0.3, -0.25) is 9.59 Å². The van der Waals surface area contributed by atoms with Gasteiger partial charge in [0.2, 0.25) is 5.91 Å². The smallest absolute Gasteiger partial charge is 0.305 e. The predicted molar refractivity (Wildman–Crippen MR) is 393 cm³/mol. The number of carbonyl (C=O) groups is 2. The van der Waals surface area contributed by atoms with Crippen LogP contribution in [0.2, 0.25) is 0 Å². The Hall–Kier alpha value is -2.90. The molecule has 0 aromatic carbocycles. The van der Waals surface area contributed by atoms with Crippen LogP contribution in [0.1, 0.15) is 373 Å². The second-order valence-corrected chi connectivity index (χ2v) is 27.4. The molecule has 7 atom stereocenters. The van der Waals surface area contributed by atoms with Crippen LogP contribution < -0.4 is 5.32 Å². The van der Waals surface area contributed by atoms with Crippen LogP contribution in [0.15, 0.2) is 72.9 Å². The van der Waals surface area contributed by atoms with Crippen molar-refractivity contribution in [2.24, 2.45) is 0 Å². The fourth-order valence-electron chi connectivity index (χ4n) is 12.3. The molecule has 0 aromatic rings. The molecule has 6 N–H and O–H groups in total. The summed E-state index contributed by atoms with van der Waals surface area (Å²) in [7, 11) is 0. The standard InChI is InChI=1S/C82H149NO10/c1-3-5-7-9-11-13-15-16-17-18-41-44-47-50-54-58-62-66-70-78(87)91-71-67-63-59-55-51-48-45-42-39-37-35-33-31-29-27-25-23-21-19-20-22-24-26-28-30-32-34-36-38-40-43-46-49-53-57-61-65-69-77(86)83-74(73-92-82-81(90)80(89)79(88)76(72-84)93-82)75(85)68-64-60-56-52-14-12-10-8-6-4-2/h13-15,17-19,21,25,27,52,64,68,74-76,79-82,84-85,88-90H,3-12,16,20,22-24,26,28-51,53-63,65-67,69-73H2,1-2H3,(H,83,86)/b15-13-,18-17-,21-19-,27-25-,52-14+,68-64+. The number of amides is 1. The van der Waals surface area contributed by atoms with Crippen molar-refractivity contribution < 1.29 is 49.3 Å². The minimum atomic E-state index is -1.58. The van der Waals surface area contributed by atoms with Crippen LogP contribution in [0.4, 0.5) is 0 Å². The van der Waals surface area contributed by atoms with Crippen molar-refractivity contribution in [3.05, 3.63) is 72.9 Å². The molecule has 0 bridgehead atoms. The average Bonchev–Trinajstić information content (AvgIpc) is 0.935. The van der Waals surface area contributed by atoms with E-state index in [0.29, 0.717) is 19.4 Å². The maximum Gasteiger partial charge on any atom is 0.305 e. The van der Waals surface area contributed by atoms with Crippen LogP contribution in [-0.4, -0.2) is 100 Å². The summed E-state index contributed by atoms with van der Waals surface area (Å²) < 4.78 is 16.7. The van der Waals surface area contributed by atoms with Crippen molar-refractivity contribution >= 4 is 11.9 Å². The molecule has 93 heavy (non-hydrogen) atoms. The molecular weight excluding hydrogens is 1160 g/mol. The minimum Gasteiger partial charge on any atom is -0.466 e. The van der Waals surface area contributed by atoms with Gasteiger partial charge in [-0.25, -0.2) is 0 Å². The normalized spacial score (nSPS) is 17.9. The van der Waals surface area contributed by atoms with Crippen LogP contribution in [0.5, 0.6) is 0 Å². The maximum absolute atomic E-state index is 13.0. The predicted octanol–water partition coefficient (Wildman–Crippen LogP) is 21.4. The Balaban J connectivity index is 1.88. The molecule has 7 unspecified atom stereocenters. The summed E-state index contributed by atoms with van der Waals surface area (Å²) in [5.74, 6) is -0.185. The zero-order chi connectivity index (χ0) is 67.2. The number of carbonyl (C=O) groups excluding carboxylic acids is 2.